The van der Waals surface area contributed by atoms with Crippen LogP contribution in [0.5, 0.6) is 0 Å². The molecular weight excluding hydrogens is 372 g/mol. The van der Waals surface area contributed by atoms with Crippen LogP contribution in [0, 0.1) is 0 Å². The Bertz CT molecular complexity index is 998. The molecule has 0 amide bonds. The molecule has 154 valence electrons. The molecule has 5 rings (SSSR count). The number of anilines is 4. The second kappa shape index (κ2) is 8.32. The zero-order chi connectivity index (χ0) is 20.3. The fourth-order valence-electron chi connectivity index (χ4n) is 4.56. The molecule has 0 saturated carbocycles. The molecule has 3 heterocycles. The van der Waals surface area contributed by atoms with Crippen molar-refractivity contribution in [1.82, 2.24) is 14.9 Å². The molecule has 2 aliphatic rings. The van der Waals surface area contributed by atoms with Crippen LogP contribution in [0.1, 0.15) is 17.5 Å². The smallest absolute Gasteiger partial charge is 0.161 e. The summed E-state index contributed by atoms with van der Waals surface area (Å²) in [6, 6.07) is 19.2. The lowest BCUT2D eigenvalue weighted by molar-refractivity contribution is 0.249. The normalized spacial score (nSPS) is 17.1. The lowest BCUT2D eigenvalue weighted by Crippen LogP contribution is -2.46. The molecule has 0 spiro atoms. The van der Waals surface area contributed by atoms with Crippen LogP contribution in [-0.4, -0.2) is 47.6 Å². The molecule has 2 N–H and O–H groups in total. The number of nitrogen functional groups attached to an aromatic ring is 1. The summed E-state index contributed by atoms with van der Waals surface area (Å²) in [6.07, 6.45) is 3.87. The van der Waals surface area contributed by atoms with Gasteiger partial charge < -0.3 is 15.5 Å². The molecule has 6 nitrogen and oxygen atoms in total. The molecule has 2 aromatic carbocycles. The molecule has 2 aliphatic heterocycles. The number of nitrogens with zero attached hydrogens (tertiary/aromatic N) is 5. The van der Waals surface area contributed by atoms with Gasteiger partial charge in [-0.1, -0.05) is 48.5 Å². The van der Waals surface area contributed by atoms with Gasteiger partial charge in [-0.2, -0.15) is 0 Å². The Morgan fingerprint density at radius 3 is 2.37 bits per heavy atom. The molecule has 0 unspecified atom stereocenters. The maximum atomic E-state index is 6.64. The molecule has 1 saturated heterocycles. The maximum absolute atomic E-state index is 6.64. The van der Waals surface area contributed by atoms with Crippen LogP contribution in [0.2, 0.25) is 0 Å². The Balaban J connectivity index is 1.33. The highest BCUT2D eigenvalue weighted by atomic mass is 15.3. The lowest BCUT2D eigenvalue weighted by Gasteiger charge is -2.37. The minimum Gasteiger partial charge on any atom is -0.393 e. The van der Waals surface area contributed by atoms with Crippen molar-refractivity contribution in [3.63, 3.8) is 0 Å². The number of aryl methyl sites for hydroxylation is 1. The van der Waals surface area contributed by atoms with Gasteiger partial charge in [-0.15, -0.1) is 0 Å². The quantitative estimate of drug-likeness (QED) is 0.724. The summed E-state index contributed by atoms with van der Waals surface area (Å²) in [7, 11) is 0. The molecule has 3 aromatic rings. The van der Waals surface area contributed by atoms with E-state index < -0.39 is 0 Å². The second-order valence-electron chi connectivity index (χ2n) is 8.07. The van der Waals surface area contributed by atoms with Gasteiger partial charge >= 0.3 is 0 Å². The molecule has 0 bridgehead atoms. The average molecular weight is 401 g/mol. The Labute approximate surface area is 178 Å². The maximum Gasteiger partial charge on any atom is 0.161 e. The zero-order valence-electron chi connectivity index (χ0n) is 17.2. The van der Waals surface area contributed by atoms with E-state index >= 15 is 0 Å². The van der Waals surface area contributed by atoms with Gasteiger partial charge in [0.05, 0.1) is 0 Å². The van der Waals surface area contributed by atoms with Crippen LogP contribution in [0.3, 0.4) is 0 Å². The summed E-state index contributed by atoms with van der Waals surface area (Å²) in [5, 5.41) is 0. The minimum atomic E-state index is 0.686. The minimum absolute atomic E-state index is 0.686. The van der Waals surface area contributed by atoms with Crippen molar-refractivity contribution in [2.75, 3.05) is 48.3 Å². The van der Waals surface area contributed by atoms with E-state index in [1.807, 2.05) is 0 Å². The number of benzene rings is 2. The van der Waals surface area contributed by atoms with Crippen molar-refractivity contribution < 1.29 is 0 Å². The summed E-state index contributed by atoms with van der Waals surface area (Å²) in [6.45, 7) is 5.76. The van der Waals surface area contributed by atoms with E-state index in [0.717, 1.165) is 63.7 Å². The van der Waals surface area contributed by atoms with Gasteiger partial charge in [0.25, 0.3) is 0 Å². The first-order chi connectivity index (χ1) is 14.8. The standard InChI is InChI=1S/C24H28N6/c25-22-23(29-15-13-28(14-16-29)17-19-7-2-1-3-8-19)26-18-27-24(22)30-12-6-10-20-9-4-5-11-21(20)30/h1-5,7-9,11,18H,6,10,12-17,25H2. The number of hydrogen-bond donors (Lipinski definition) is 1. The van der Waals surface area contributed by atoms with Crippen LogP contribution in [0.15, 0.2) is 60.9 Å². The number of rotatable bonds is 4. The van der Waals surface area contributed by atoms with Gasteiger partial charge in [0, 0.05) is 45.0 Å². The number of nitrogens with two attached hydrogens (primary N) is 1. The van der Waals surface area contributed by atoms with Crippen molar-refractivity contribution in [3.05, 3.63) is 72.1 Å². The highest BCUT2D eigenvalue weighted by Gasteiger charge is 2.25. The van der Waals surface area contributed by atoms with Gasteiger partial charge in [-0.05, 0) is 30.0 Å². The van der Waals surface area contributed by atoms with Gasteiger partial charge in [-0.25, -0.2) is 9.97 Å². The van der Waals surface area contributed by atoms with Gasteiger partial charge in [0.2, 0.25) is 0 Å². The number of hydrogen-bond acceptors (Lipinski definition) is 6. The van der Waals surface area contributed by atoms with Crippen molar-refractivity contribution in [3.8, 4) is 0 Å². The SMILES string of the molecule is Nc1c(N2CCN(Cc3ccccc3)CC2)ncnc1N1CCCc2ccccc21. The monoisotopic (exact) mass is 400 g/mol. The Hall–Kier alpha value is -3.12. The summed E-state index contributed by atoms with van der Waals surface area (Å²) in [4.78, 5) is 16.2. The topological polar surface area (TPSA) is 61.5 Å². The van der Waals surface area contributed by atoms with Crippen molar-refractivity contribution in [1.29, 1.82) is 0 Å². The number of piperazine rings is 1. The largest absolute Gasteiger partial charge is 0.393 e. The predicted octanol–water partition coefficient (Wildman–Crippen LogP) is 3.47. The van der Waals surface area contributed by atoms with Gasteiger partial charge in [0.1, 0.15) is 12.0 Å². The van der Waals surface area contributed by atoms with Gasteiger partial charge in [0.15, 0.2) is 11.6 Å². The highest BCUT2D eigenvalue weighted by molar-refractivity contribution is 5.81. The van der Waals surface area contributed by atoms with Crippen molar-refractivity contribution in [2.45, 2.75) is 19.4 Å². The highest BCUT2D eigenvalue weighted by Crippen LogP contribution is 2.37. The fourth-order valence-corrected chi connectivity index (χ4v) is 4.56. The summed E-state index contributed by atoms with van der Waals surface area (Å²) in [5.74, 6) is 1.70. The van der Waals surface area contributed by atoms with E-state index in [1.54, 1.807) is 6.33 Å². The van der Waals surface area contributed by atoms with Crippen molar-refractivity contribution >= 4 is 23.0 Å². The van der Waals surface area contributed by atoms with E-state index in [1.165, 1.54) is 16.8 Å². The summed E-state index contributed by atoms with van der Waals surface area (Å²) >= 11 is 0. The van der Waals surface area contributed by atoms with Crippen LogP contribution in [0.4, 0.5) is 23.0 Å². The molecule has 1 aromatic heterocycles. The van der Waals surface area contributed by atoms with Crippen LogP contribution < -0.4 is 15.5 Å². The Morgan fingerprint density at radius 2 is 1.53 bits per heavy atom. The van der Waals surface area contributed by atoms with E-state index in [0.29, 0.717) is 5.69 Å². The summed E-state index contributed by atoms with van der Waals surface area (Å²) < 4.78 is 0. The predicted molar refractivity (Wildman–Crippen MR) is 122 cm³/mol. The Kier molecular flexibility index (Phi) is 5.24. The summed E-state index contributed by atoms with van der Waals surface area (Å²) in [5.41, 5.74) is 11.3. The first kappa shape index (κ1) is 18.9. The fraction of sp³-hybridized carbons (Fsp3) is 0.333. The molecule has 6 heteroatoms. The third-order valence-electron chi connectivity index (χ3n) is 6.13. The molecule has 1 fully saturated rings. The lowest BCUT2D eigenvalue weighted by atomic mass is 10.0. The average Bonchev–Trinajstić information content (AvgIpc) is 2.80. The van der Waals surface area contributed by atoms with Gasteiger partial charge in [-0.3, -0.25) is 4.90 Å². The van der Waals surface area contributed by atoms with Crippen LogP contribution in [-0.2, 0) is 13.0 Å². The number of aromatic nitrogens is 2. The molecule has 0 atom stereocenters. The van der Waals surface area contributed by atoms with Crippen LogP contribution >= 0.6 is 0 Å². The van der Waals surface area contributed by atoms with Crippen molar-refractivity contribution in [2.24, 2.45) is 0 Å². The second-order valence-corrected chi connectivity index (χ2v) is 8.07. The zero-order valence-corrected chi connectivity index (χ0v) is 17.2. The Morgan fingerprint density at radius 1 is 0.800 bits per heavy atom. The number of fused-ring (bicyclic) bond motifs is 1. The first-order valence-electron chi connectivity index (χ1n) is 10.8. The molecule has 0 radical (unpaired) electrons. The first-order valence-corrected chi connectivity index (χ1v) is 10.8. The van der Waals surface area contributed by atoms with E-state index in [2.05, 4.69) is 79.3 Å². The number of para-hydroxylation sites is 1. The van der Waals surface area contributed by atoms with Crippen LogP contribution in [0.25, 0.3) is 0 Å². The molecule has 30 heavy (non-hydrogen) atoms. The third-order valence-corrected chi connectivity index (χ3v) is 6.13. The van der Waals surface area contributed by atoms with E-state index in [-0.39, 0.29) is 0 Å². The molecular formula is C24H28N6. The van der Waals surface area contributed by atoms with E-state index in [4.69, 9.17) is 5.73 Å². The third kappa shape index (κ3) is 3.71. The van der Waals surface area contributed by atoms with E-state index in [9.17, 15) is 0 Å². The molecule has 0 aliphatic carbocycles.